The second-order valence-electron chi connectivity index (χ2n) is 13.0. The van der Waals surface area contributed by atoms with Crippen LogP contribution in [0.5, 0.6) is 0 Å². The van der Waals surface area contributed by atoms with Gasteiger partial charge < -0.3 is 14.1 Å². The van der Waals surface area contributed by atoms with Gasteiger partial charge in [-0.2, -0.15) is 0 Å². The molecule has 0 saturated carbocycles. The van der Waals surface area contributed by atoms with Crippen molar-refractivity contribution >= 4 is 47.8 Å². The van der Waals surface area contributed by atoms with E-state index in [1.54, 1.807) is 7.11 Å². The standard InChI is InChI=1S/C38H43Cl2NO3Si/c1-27(23-24-44-45(38(2,3)4,32-15-8-6-9-16-32)33-17-10-7-11-18-33)41-36(28-19-21-30(39)22-20-28)34(26-35(43-5)37(41)42)29-13-12-14-31(40)25-29/h6-22,25,27,34-36H,23-24,26H2,1-5H3/t27-,34+,35?,36+/m0/s1. The minimum Gasteiger partial charge on any atom is -0.407 e. The molecule has 4 aromatic carbocycles. The Hall–Kier alpha value is -2.93. The molecule has 236 valence electrons. The summed E-state index contributed by atoms with van der Waals surface area (Å²) in [5.74, 6) is -0.0266. The topological polar surface area (TPSA) is 38.8 Å². The predicted molar refractivity (Wildman–Crippen MR) is 188 cm³/mol. The summed E-state index contributed by atoms with van der Waals surface area (Å²) < 4.78 is 13.1. The number of likely N-dealkylation sites (tertiary alicyclic amines) is 1. The molecule has 4 aromatic rings. The van der Waals surface area contributed by atoms with Crippen molar-refractivity contribution in [1.29, 1.82) is 0 Å². The number of ether oxygens (including phenoxy) is 1. The van der Waals surface area contributed by atoms with Crippen LogP contribution in [0, 0.1) is 0 Å². The van der Waals surface area contributed by atoms with Gasteiger partial charge in [-0.3, -0.25) is 4.79 Å². The summed E-state index contributed by atoms with van der Waals surface area (Å²) in [5, 5.41) is 3.68. The maximum atomic E-state index is 14.2. The number of carbonyl (C=O) groups is 1. The first kappa shape index (κ1) is 33.4. The number of amides is 1. The van der Waals surface area contributed by atoms with Crippen molar-refractivity contribution in [1.82, 2.24) is 4.90 Å². The van der Waals surface area contributed by atoms with Gasteiger partial charge in [-0.15, -0.1) is 0 Å². The molecule has 1 aliphatic rings. The van der Waals surface area contributed by atoms with E-state index in [2.05, 4.69) is 94.4 Å². The first-order chi connectivity index (χ1) is 21.6. The highest BCUT2D eigenvalue weighted by Crippen LogP contribution is 2.46. The zero-order valence-electron chi connectivity index (χ0n) is 26.8. The summed E-state index contributed by atoms with van der Waals surface area (Å²) >= 11 is 12.8. The summed E-state index contributed by atoms with van der Waals surface area (Å²) in [7, 11) is -1.10. The molecule has 1 heterocycles. The molecule has 0 aromatic heterocycles. The van der Waals surface area contributed by atoms with Crippen molar-refractivity contribution in [2.24, 2.45) is 0 Å². The summed E-state index contributed by atoms with van der Waals surface area (Å²) in [6.45, 7) is 9.48. The lowest BCUT2D eigenvalue weighted by molar-refractivity contribution is -0.154. The average molecular weight is 661 g/mol. The number of hydrogen-bond acceptors (Lipinski definition) is 3. The van der Waals surface area contributed by atoms with Gasteiger partial charge in [0.05, 0.1) is 6.04 Å². The predicted octanol–water partition coefficient (Wildman–Crippen LogP) is 8.42. The van der Waals surface area contributed by atoms with Crippen LogP contribution in [0.15, 0.2) is 109 Å². The summed E-state index contributed by atoms with van der Waals surface area (Å²) in [4.78, 5) is 16.2. The van der Waals surface area contributed by atoms with Crippen LogP contribution in [0.3, 0.4) is 0 Å². The Kier molecular flexibility index (Phi) is 10.6. The van der Waals surface area contributed by atoms with E-state index in [4.69, 9.17) is 32.4 Å². The van der Waals surface area contributed by atoms with Crippen LogP contribution in [-0.4, -0.2) is 45.0 Å². The second kappa shape index (κ2) is 14.2. The Bertz CT molecular complexity index is 1520. The van der Waals surface area contributed by atoms with Crippen molar-refractivity contribution in [3.8, 4) is 0 Å². The Balaban J connectivity index is 1.51. The van der Waals surface area contributed by atoms with E-state index in [0.29, 0.717) is 29.5 Å². The lowest BCUT2D eigenvalue weighted by Crippen LogP contribution is -2.66. The van der Waals surface area contributed by atoms with Crippen LogP contribution in [0.4, 0.5) is 0 Å². The zero-order valence-corrected chi connectivity index (χ0v) is 29.3. The highest BCUT2D eigenvalue weighted by molar-refractivity contribution is 6.99. The van der Waals surface area contributed by atoms with Crippen LogP contribution >= 0.6 is 23.2 Å². The maximum Gasteiger partial charge on any atom is 0.261 e. The molecule has 4 nitrogen and oxygen atoms in total. The third-order valence-electron chi connectivity index (χ3n) is 9.20. The molecule has 0 N–H and O–H groups in total. The van der Waals surface area contributed by atoms with Gasteiger partial charge in [-0.1, -0.05) is 129 Å². The third-order valence-corrected chi connectivity index (χ3v) is 14.7. The smallest absolute Gasteiger partial charge is 0.261 e. The molecular weight excluding hydrogens is 617 g/mol. The number of benzene rings is 4. The minimum absolute atomic E-state index is 0.00586. The van der Waals surface area contributed by atoms with Gasteiger partial charge in [0, 0.05) is 35.7 Å². The SMILES string of the molecule is COC1C[C@H](c2cccc(Cl)c2)[C@@H](c2ccc(Cl)cc2)N([C@@H](C)CCO[Si](c2ccccc2)(c2ccccc2)C(C)(C)C)C1=O. The molecule has 0 radical (unpaired) electrons. The highest BCUT2D eigenvalue weighted by Gasteiger charge is 2.50. The number of methoxy groups -OCH3 is 1. The van der Waals surface area contributed by atoms with Crippen LogP contribution in [0.2, 0.25) is 15.1 Å². The number of piperidine rings is 1. The monoisotopic (exact) mass is 659 g/mol. The van der Waals surface area contributed by atoms with Crippen molar-refractivity contribution in [2.75, 3.05) is 13.7 Å². The van der Waals surface area contributed by atoms with Crippen molar-refractivity contribution < 1.29 is 14.0 Å². The van der Waals surface area contributed by atoms with Crippen molar-refractivity contribution in [3.63, 3.8) is 0 Å². The molecule has 0 spiro atoms. The molecule has 1 fully saturated rings. The van der Waals surface area contributed by atoms with E-state index in [-0.39, 0.29) is 28.9 Å². The van der Waals surface area contributed by atoms with Crippen LogP contribution in [0.1, 0.15) is 63.6 Å². The van der Waals surface area contributed by atoms with E-state index >= 15 is 0 Å². The van der Waals surface area contributed by atoms with Gasteiger partial charge in [-0.05, 0) is 70.6 Å². The number of rotatable bonds is 10. The molecule has 5 rings (SSSR count). The lowest BCUT2D eigenvalue weighted by Gasteiger charge is -2.48. The molecule has 0 aliphatic carbocycles. The normalized spacial score (nSPS) is 19.8. The fourth-order valence-corrected chi connectivity index (χ4v) is 11.9. The molecule has 4 atom stereocenters. The maximum absolute atomic E-state index is 14.2. The summed E-state index contributed by atoms with van der Waals surface area (Å²) in [6.07, 6.45) is 0.668. The zero-order chi connectivity index (χ0) is 32.2. The molecule has 1 unspecified atom stereocenters. The Morgan fingerprint density at radius 1 is 0.822 bits per heavy atom. The Morgan fingerprint density at radius 2 is 1.42 bits per heavy atom. The van der Waals surface area contributed by atoms with Gasteiger partial charge in [0.15, 0.2) is 0 Å². The van der Waals surface area contributed by atoms with E-state index in [0.717, 1.165) is 11.1 Å². The quantitative estimate of drug-likeness (QED) is 0.160. The Morgan fingerprint density at radius 3 is 1.96 bits per heavy atom. The van der Waals surface area contributed by atoms with Gasteiger partial charge in [0.1, 0.15) is 6.10 Å². The van der Waals surface area contributed by atoms with E-state index < -0.39 is 14.4 Å². The molecule has 0 bridgehead atoms. The largest absolute Gasteiger partial charge is 0.407 e. The lowest BCUT2D eigenvalue weighted by atomic mass is 9.78. The number of halogens is 2. The van der Waals surface area contributed by atoms with Gasteiger partial charge >= 0.3 is 0 Å². The van der Waals surface area contributed by atoms with Crippen LogP contribution in [0.25, 0.3) is 0 Å². The first-order valence-electron chi connectivity index (χ1n) is 15.7. The fraction of sp³-hybridized carbons (Fsp3) is 0.342. The summed E-state index contributed by atoms with van der Waals surface area (Å²) in [5.41, 5.74) is 2.12. The van der Waals surface area contributed by atoms with E-state index in [1.807, 2.05) is 47.4 Å². The van der Waals surface area contributed by atoms with Crippen molar-refractivity contribution in [2.45, 2.75) is 69.7 Å². The first-order valence-corrected chi connectivity index (χ1v) is 18.3. The molecule has 45 heavy (non-hydrogen) atoms. The molecular formula is C38H43Cl2NO3Si. The number of nitrogens with zero attached hydrogens (tertiary/aromatic N) is 1. The summed E-state index contributed by atoms with van der Waals surface area (Å²) in [6, 6.07) is 36.8. The van der Waals surface area contributed by atoms with Gasteiger partial charge in [0.2, 0.25) is 0 Å². The molecule has 7 heteroatoms. The van der Waals surface area contributed by atoms with E-state index in [1.165, 1.54) is 10.4 Å². The average Bonchev–Trinajstić information content (AvgIpc) is 3.03. The molecule has 1 aliphatic heterocycles. The van der Waals surface area contributed by atoms with Crippen molar-refractivity contribution in [3.05, 3.63) is 130 Å². The van der Waals surface area contributed by atoms with Gasteiger partial charge in [0.25, 0.3) is 14.2 Å². The molecule has 1 amide bonds. The van der Waals surface area contributed by atoms with Crippen LogP contribution < -0.4 is 10.4 Å². The fourth-order valence-electron chi connectivity index (χ4n) is 7.04. The third kappa shape index (κ3) is 6.94. The van der Waals surface area contributed by atoms with Gasteiger partial charge in [-0.25, -0.2) is 0 Å². The second-order valence-corrected chi connectivity index (χ2v) is 18.2. The highest BCUT2D eigenvalue weighted by atomic mass is 35.5. The van der Waals surface area contributed by atoms with Crippen LogP contribution in [-0.2, 0) is 14.0 Å². The minimum atomic E-state index is -2.72. The Labute approximate surface area is 279 Å². The molecule has 1 saturated heterocycles. The number of carbonyl (C=O) groups excluding carboxylic acids is 1. The number of hydrogen-bond donors (Lipinski definition) is 0. The van der Waals surface area contributed by atoms with E-state index in [9.17, 15) is 4.79 Å².